The van der Waals surface area contributed by atoms with Crippen LogP contribution < -0.4 is 5.32 Å². The molecule has 2 aromatic rings. The fourth-order valence-electron chi connectivity index (χ4n) is 3.73. The van der Waals surface area contributed by atoms with Crippen molar-refractivity contribution in [3.63, 3.8) is 0 Å². The lowest BCUT2D eigenvalue weighted by Gasteiger charge is -2.33. The number of benzene rings is 2. The van der Waals surface area contributed by atoms with E-state index in [4.69, 9.17) is 16.3 Å². The molecule has 2 amide bonds. The fraction of sp³-hybridized carbons (Fsp3) is 0.417. The van der Waals surface area contributed by atoms with E-state index in [1.165, 1.54) is 11.9 Å². The molecule has 0 spiro atoms. The van der Waals surface area contributed by atoms with Gasteiger partial charge in [0.15, 0.2) is 0 Å². The highest BCUT2D eigenvalue weighted by Crippen LogP contribution is 2.25. The zero-order valence-corrected chi connectivity index (χ0v) is 20.9. The smallest absolute Gasteiger partial charge is 0.247 e. The minimum Gasteiger partial charge on any atom is -0.376 e. The van der Waals surface area contributed by atoms with Crippen LogP contribution in [-0.2, 0) is 30.9 Å². The second-order valence-electron chi connectivity index (χ2n) is 8.36. The summed E-state index contributed by atoms with van der Waals surface area (Å²) in [6.07, 6.45) is 2.79. The third kappa shape index (κ3) is 7.27. The lowest BCUT2D eigenvalue weighted by atomic mass is 10.0. The lowest BCUT2D eigenvalue weighted by Crippen LogP contribution is -2.48. The molecule has 2 atom stereocenters. The highest BCUT2D eigenvalue weighted by molar-refractivity contribution is 7.88. The molecule has 1 fully saturated rings. The van der Waals surface area contributed by atoms with E-state index in [2.05, 4.69) is 5.32 Å². The number of carbonyl (C=O) groups excluding carboxylic acids is 2. The molecule has 1 saturated heterocycles. The monoisotopic (exact) mass is 507 g/mol. The van der Waals surface area contributed by atoms with Gasteiger partial charge in [-0.2, -0.15) is 4.31 Å². The first-order valence-corrected chi connectivity index (χ1v) is 13.3. The number of likely N-dealkylation sites (N-methyl/N-ethyl adjacent to an activating group) is 1. The number of nitrogens with zero attached hydrogens (tertiary/aromatic N) is 2. The second kappa shape index (κ2) is 11.8. The molecule has 0 aromatic heterocycles. The van der Waals surface area contributed by atoms with Crippen LogP contribution in [0.2, 0.25) is 5.02 Å². The van der Waals surface area contributed by atoms with Gasteiger partial charge < -0.3 is 15.0 Å². The molecule has 3 rings (SSSR count). The number of hydrogen-bond acceptors (Lipinski definition) is 5. The van der Waals surface area contributed by atoms with Crippen molar-refractivity contribution in [2.24, 2.45) is 0 Å². The summed E-state index contributed by atoms with van der Waals surface area (Å²) < 4.78 is 30.5. The number of halogens is 1. The van der Waals surface area contributed by atoms with Crippen molar-refractivity contribution in [2.45, 2.75) is 31.5 Å². The quantitative estimate of drug-likeness (QED) is 0.533. The Morgan fingerprint density at radius 3 is 2.41 bits per heavy atom. The third-order valence-corrected chi connectivity index (χ3v) is 7.23. The largest absolute Gasteiger partial charge is 0.376 e. The Morgan fingerprint density at radius 2 is 1.82 bits per heavy atom. The Labute approximate surface area is 205 Å². The topological polar surface area (TPSA) is 96.0 Å². The summed E-state index contributed by atoms with van der Waals surface area (Å²) >= 11 is 6.01. The van der Waals surface area contributed by atoms with Crippen molar-refractivity contribution in [2.75, 3.05) is 33.0 Å². The highest BCUT2D eigenvalue weighted by atomic mass is 35.5. The summed E-state index contributed by atoms with van der Waals surface area (Å²) in [7, 11) is -2.25. The SMILES string of the molecule is CN(CC(=O)N(Cc1ccc(Cl)cc1)[C@@H](C(=O)NC[C@H]1CCCO1)c1ccccc1)S(C)(=O)=O. The molecule has 1 N–H and O–H groups in total. The van der Waals surface area contributed by atoms with Gasteiger partial charge in [-0.05, 0) is 36.1 Å². The molecule has 34 heavy (non-hydrogen) atoms. The summed E-state index contributed by atoms with van der Waals surface area (Å²) in [5.41, 5.74) is 1.38. The van der Waals surface area contributed by atoms with Crippen LogP contribution in [0.25, 0.3) is 0 Å². The number of ether oxygens (including phenoxy) is 1. The van der Waals surface area contributed by atoms with E-state index in [9.17, 15) is 18.0 Å². The van der Waals surface area contributed by atoms with Gasteiger partial charge in [-0.15, -0.1) is 0 Å². The molecule has 0 radical (unpaired) electrons. The molecule has 184 valence electrons. The van der Waals surface area contributed by atoms with Crippen LogP contribution in [0.4, 0.5) is 0 Å². The van der Waals surface area contributed by atoms with Crippen LogP contribution in [0.5, 0.6) is 0 Å². The van der Waals surface area contributed by atoms with E-state index in [0.717, 1.165) is 29.0 Å². The lowest BCUT2D eigenvalue weighted by molar-refractivity contribution is -0.141. The van der Waals surface area contributed by atoms with Gasteiger partial charge in [0.05, 0.1) is 18.9 Å². The zero-order chi connectivity index (χ0) is 24.7. The van der Waals surface area contributed by atoms with Crippen molar-refractivity contribution < 1.29 is 22.7 Å². The molecule has 2 aromatic carbocycles. The van der Waals surface area contributed by atoms with Crippen molar-refractivity contribution in [3.05, 3.63) is 70.7 Å². The maximum atomic E-state index is 13.5. The van der Waals surface area contributed by atoms with Gasteiger partial charge in [0.25, 0.3) is 0 Å². The Hall–Kier alpha value is -2.46. The van der Waals surface area contributed by atoms with Crippen LogP contribution in [0.3, 0.4) is 0 Å². The normalized spacial score (nSPS) is 16.9. The molecule has 8 nitrogen and oxygen atoms in total. The number of nitrogens with one attached hydrogen (secondary N) is 1. The number of carbonyl (C=O) groups is 2. The van der Waals surface area contributed by atoms with Gasteiger partial charge in [0.1, 0.15) is 6.04 Å². The molecule has 0 aliphatic carbocycles. The maximum absolute atomic E-state index is 13.5. The van der Waals surface area contributed by atoms with Gasteiger partial charge in [-0.25, -0.2) is 8.42 Å². The van der Waals surface area contributed by atoms with E-state index in [0.29, 0.717) is 23.7 Å². The Bertz CT molecular complexity index is 1070. The van der Waals surface area contributed by atoms with Crippen molar-refractivity contribution in [3.8, 4) is 0 Å². The minimum atomic E-state index is -3.59. The molecule has 0 saturated carbocycles. The van der Waals surface area contributed by atoms with Gasteiger partial charge >= 0.3 is 0 Å². The molecule has 0 bridgehead atoms. The molecular formula is C24H30ClN3O5S. The first kappa shape index (κ1) is 26.2. The zero-order valence-electron chi connectivity index (χ0n) is 19.3. The number of sulfonamides is 1. The standard InChI is InChI=1S/C24H30ClN3O5S/c1-27(34(2,31)32)17-22(29)28(16-18-10-12-20(25)13-11-18)23(19-7-4-3-5-8-19)24(30)26-15-21-9-6-14-33-21/h3-5,7-8,10-13,21,23H,6,9,14-17H2,1-2H3,(H,26,30)/t21-,23-/m1/s1. The molecule has 1 aliphatic heterocycles. The molecule has 0 unspecified atom stereocenters. The van der Waals surface area contributed by atoms with E-state index in [1.54, 1.807) is 48.5 Å². The van der Waals surface area contributed by atoms with Gasteiger partial charge in [0, 0.05) is 31.8 Å². The van der Waals surface area contributed by atoms with Crippen molar-refractivity contribution in [1.29, 1.82) is 0 Å². The summed E-state index contributed by atoms with van der Waals surface area (Å²) in [5.74, 6) is -0.852. The highest BCUT2D eigenvalue weighted by Gasteiger charge is 2.33. The average molecular weight is 508 g/mol. The van der Waals surface area contributed by atoms with E-state index < -0.39 is 28.5 Å². The third-order valence-electron chi connectivity index (χ3n) is 5.71. The van der Waals surface area contributed by atoms with Crippen LogP contribution >= 0.6 is 11.6 Å². The van der Waals surface area contributed by atoms with Crippen LogP contribution in [-0.4, -0.2) is 68.5 Å². The predicted octanol–water partition coefficient (Wildman–Crippen LogP) is 2.60. The van der Waals surface area contributed by atoms with Gasteiger partial charge in [-0.1, -0.05) is 54.1 Å². The van der Waals surface area contributed by atoms with E-state index in [1.807, 2.05) is 6.07 Å². The fourth-order valence-corrected chi connectivity index (χ4v) is 4.20. The second-order valence-corrected chi connectivity index (χ2v) is 10.9. The summed E-state index contributed by atoms with van der Waals surface area (Å²) in [6.45, 7) is 0.714. The summed E-state index contributed by atoms with van der Waals surface area (Å²) in [5, 5.41) is 3.47. The Balaban J connectivity index is 1.93. The van der Waals surface area contributed by atoms with Gasteiger partial charge in [0.2, 0.25) is 21.8 Å². The number of rotatable bonds is 10. The van der Waals surface area contributed by atoms with Crippen molar-refractivity contribution >= 4 is 33.4 Å². The molecule has 1 aliphatic rings. The molecular weight excluding hydrogens is 478 g/mol. The Morgan fingerprint density at radius 1 is 1.15 bits per heavy atom. The molecule has 10 heteroatoms. The number of amides is 2. The van der Waals surface area contributed by atoms with E-state index in [-0.39, 0.29) is 18.6 Å². The first-order valence-electron chi connectivity index (χ1n) is 11.0. The average Bonchev–Trinajstić information content (AvgIpc) is 3.32. The maximum Gasteiger partial charge on any atom is 0.247 e. The first-order chi connectivity index (χ1) is 16.1. The number of hydrogen-bond donors (Lipinski definition) is 1. The van der Waals surface area contributed by atoms with Crippen LogP contribution in [0.1, 0.15) is 30.0 Å². The van der Waals surface area contributed by atoms with Crippen LogP contribution in [0, 0.1) is 0 Å². The summed E-state index contributed by atoms with van der Waals surface area (Å²) in [4.78, 5) is 28.3. The van der Waals surface area contributed by atoms with Gasteiger partial charge in [-0.3, -0.25) is 9.59 Å². The molecule has 1 heterocycles. The minimum absolute atomic E-state index is 0.0582. The predicted molar refractivity (Wildman–Crippen MR) is 131 cm³/mol. The van der Waals surface area contributed by atoms with Crippen molar-refractivity contribution in [1.82, 2.24) is 14.5 Å². The van der Waals surface area contributed by atoms with E-state index >= 15 is 0 Å². The van der Waals surface area contributed by atoms with Crippen LogP contribution in [0.15, 0.2) is 54.6 Å². The Kier molecular flexibility index (Phi) is 9.07. The summed E-state index contributed by atoms with van der Waals surface area (Å²) in [6, 6.07) is 15.0.